The standard InChI is InChI=1S/C11H6N3O6/c1-6-5-9(13(17)18)11(14(19)20)10-7(6)3-2-4-8(10)12(15)16/h2-5H,1H2. The van der Waals surface area contributed by atoms with E-state index < -0.39 is 31.8 Å². The lowest BCUT2D eigenvalue weighted by Crippen LogP contribution is -2.01. The van der Waals surface area contributed by atoms with Crippen molar-refractivity contribution in [3.8, 4) is 0 Å². The molecular weight excluding hydrogens is 270 g/mol. The molecular formula is C11H6N3O6. The van der Waals surface area contributed by atoms with Crippen molar-refractivity contribution in [2.45, 2.75) is 0 Å². The molecule has 2 rings (SSSR count). The third kappa shape index (κ3) is 1.90. The molecule has 0 saturated heterocycles. The van der Waals surface area contributed by atoms with Gasteiger partial charge in [-0.15, -0.1) is 0 Å². The number of rotatable bonds is 3. The predicted molar refractivity (Wildman–Crippen MR) is 68.4 cm³/mol. The molecule has 0 saturated carbocycles. The quantitative estimate of drug-likeness (QED) is 0.625. The highest BCUT2D eigenvalue weighted by molar-refractivity contribution is 6.03. The van der Waals surface area contributed by atoms with E-state index in [4.69, 9.17) is 0 Å². The Labute approximate surface area is 110 Å². The summed E-state index contributed by atoms with van der Waals surface area (Å²) in [6, 6.07) is 4.72. The van der Waals surface area contributed by atoms with Gasteiger partial charge in [-0.2, -0.15) is 0 Å². The van der Waals surface area contributed by atoms with Gasteiger partial charge in [-0.1, -0.05) is 12.1 Å². The number of hydrogen-bond acceptors (Lipinski definition) is 6. The van der Waals surface area contributed by atoms with Gasteiger partial charge >= 0.3 is 11.4 Å². The molecule has 1 radical (unpaired) electrons. The van der Waals surface area contributed by atoms with E-state index in [1.54, 1.807) is 0 Å². The van der Waals surface area contributed by atoms with E-state index in [1.807, 2.05) is 0 Å². The first-order valence-electron chi connectivity index (χ1n) is 5.19. The zero-order valence-electron chi connectivity index (χ0n) is 9.81. The first kappa shape index (κ1) is 13.3. The molecule has 0 bridgehead atoms. The van der Waals surface area contributed by atoms with Gasteiger partial charge in [0.25, 0.3) is 5.69 Å². The largest absolute Gasteiger partial charge is 0.360 e. The number of nitrogens with zero attached hydrogens (tertiary/aromatic N) is 3. The van der Waals surface area contributed by atoms with E-state index >= 15 is 0 Å². The summed E-state index contributed by atoms with van der Waals surface area (Å²) < 4.78 is 0. The molecule has 0 unspecified atom stereocenters. The Morgan fingerprint density at radius 1 is 0.900 bits per heavy atom. The van der Waals surface area contributed by atoms with Gasteiger partial charge in [0.1, 0.15) is 5.39 Å². The van der Waals surface area contributed by atoms with Gasteiger partial charge < -0.3 is 0 Å². The third-order valence-electron chi connectivity index (χ3n) is 2.75. The average Bonchev–Trinajstić information content (AvgIpc) is 2.37. The van der Waals surface area contributed by atoms with E-state index in [9.17, 15) is 30.3 Å². The fraction of sp³-hybridized carbons (Fsp3) is 0. The van der Waals surface area contributed by atoms with Crippen LogP contribution in [0.25, 0.3) is 10.8 Å². The maximum Gasteiger partial charge on any atom is 0.360 e. The molecule has 9 heteroatoms. The normalized spacial score (nSPS) is 10.4. The molecule has 101 valence electrons. The maximum absolute atomic E-state index is 11.1. The van der Waals surface area contributed by atoms with Crippen molar-refractivity contribution in [2.75, 3.05) is 0 Å². The van der Waals surface area contributed by atoms with Gasteiger partial charge in [0, 0.05) is 12.1 Å². The van der Waals surface area contributed by atoms with E-state index in [2.05, 4.69) is 6.92 Å². The third-order valence-corrected chi connectivity index (χ3v) is 2.75. The highest BCUT2D eigenvalue weighted by atomic mass is 16.6. The minimum absolute atomic E-state index is 0.112. The monoisotopic (exact) mass is 276 g/mol. The van der Waals surface area contributed by atoms with Crippen LogP contribution < -0.4 is 0 Å². The van der Waals surface area contributed by atoms with Crippen LogP contribution >= 0.6 is 0 Å². The molecule has 2 aromatic rings. The molecule has 0 aliphatic rings. The second kappa shape index (κ2) is 4.53. The topological polar surface area (TPSA) is 129 Å². The molecule has 0 aromatic heterocycles. The number of nitro benzene ring substituents is 3. The summed E-state index contributed by atoms with van der Waals surface area (Å²) in [5.74, 6) is 0. The summed E-state index contributed by atoms with van der Waals surface area (Å²) in [4.78, 5) is 30.2. The van der Waals surface area contributed by atoms with Gasteiger partial charge in [-0.05, 0) is 17.9 Å². The van der Waals surface area contributed by atoms with Gasteiger partial charge in [0.15, 0.2) is 0 Å². The molecule has 0 spiro atoms. The molecule has 0 amide bonds. The van der Waals surface area contributed by atoms with Crippen LogP contribution in [-0.4, -0.2) is 14.8 Å². The Kier molecular flexibility index (Phi) is 3.02. The van der Waals surface area contributed by atoms with E-state index in [0.717, 1.165) is 12.1 Å². The number of fused-ring (bicyclic) bond motifs is 1. The number of hydrogen-bond donors (Lipinski definition) is 0. The Hall–Kier alpha value is -3.10. The van der Waals surface area contributed by atoms with Crippen LogP contribution in [0, 0.1) is 37.3 Å². The van der Waals surface area contributed by atoms with Crippen LogP contribution in [0.3, 0.4) is 0 Å². The fourth-order valence-electron chi connectivity index (χ4n) is 1.97. The van der Waals surface area contributed by atoms with Crippen LogP contribution in [-0.2, 0) is 0 Å². The molecule has 2 aromatic carbocycles. The van der Waals surface area contributed by atoms with Gasteiger partial charge in [0.2, 0.25) is 0 Å². The van der Waals surface area contributed by atoms with Gasteiger partial charge in [-0.25, -0.2) is 0 Å². The van der Waals surface area contributed by atoms with Crippen LogP contribution in [0.2, 0.25) is 0 Å². The molecule has 9 nitrogen and oxygen atoms in total. The van der Waals surface area contributed by atoms with E-state index in [1.165, 1.54) is 12.1 Å². The summed E-state index contributed by atoms with van der Waals surface area (Å²) in [6.45, 7) is 3.54. The SMILES string of the molecule is [CH2]c1cc([N+](=O)[O-])c([N+](=O)[O-])c2c([N+](=O)[O-])cccc12. The molecule has 0 aliphatic heterocycles. The molecule has 0 atom stereocenters. The highest BCUT2D eigenvalue weighted by Gasteiger charge is 2.33. The summed E-state index contributed by atoms with van der Waals surface area (Å²) in [5, 5.41) is 32.7. The van der Waals surface area contributed by atoms with Crippen molar-refractivity contribution in [1.29, 1.82) is 0 Å². The molecule has 0 aliphatic carbocycles. The lowest BCUT2D eigenvalue weighted by Gasteiger charge is -2.04. The predicted octanol–water partition coefficient (Wildman–Crippen LogP) is 2.75. The lowest BCUT2D eigenvalue weighted by molar-refractivity contribution is -0.422. The fourth-order valence-corrected chi connectivity index (χ4v) is 1.97. The van der Waals surface area contributed by atoms with Gasteiger partial charge in [0.05, 0.1) is 14.8 Å². The summed E-state index contributed by atoms with van der Waals surface area (Å²) in [6.07, 6.45) is 0. The van der Waals surface area contributed by atoms with Crippen molar-refractivity contribution < 1.29 is 14.8 Å². The zero-order valence-corrected chi connectivity index (χ0v) is 9.81. The van der Waals surface area contributed by atoms with Crippen molar-refractivity contribution in [3.63, 3.8) is 0 Å². The van der Waals surface area contributed by atoms with Crippen LogP contribution in [0.4, 0.5) is 17.1 Å². The Balaban J connectivity index is 3.11. The second-order valence-electron chi connectivity index (χ2n) is 3.87. The van der Waals surface area contributed by atoms with Crippen LogP contribution in [0.1, 0.15) is 5.56 Å². The smallest absolute Gasteiger partial charge is 0.258 e. The Bertz CT molecular complexity index is 770. The summed E-state index contributed by atoms with van der Waals surface area (Å²) in [5.41, 5.74) is -2.17. The summed E-state index contributed by atoms with van der Waals surface area (Å²) in [7, 11) is 0. The van der Waals surface area contributed by atoms with Crippen LogP contribution in [0.15, 0.2) is 24.3 Å². The zero-order chi connectivity index (χ0) is 15.0. The number of nitro groups is 3. The Morgan fingerprint density at radius 3 is 2.00 bits per heavy atom. The highest BCUT2D eigenvalue weighted by Crippen LogP contribution is 2.41. The van der Waals surface area contributed by atoms with E-state index in [0.29, 0.717) is 0 Å². The average molecular weight is 276 g/mol. The van der Waals surface area contributed by atoms with Gasteiger partial charge in [-0.3, -0.25) is 30.3 Å². The molecule has 0 N–H and O–H groups in total. The van der Waals surface area contributed by atoms with Crippen molar-refractivity contribution in [2.24, 2.45) is 0 Å². The molecule has 20 heavy (non-hydrogen) atoms. The summed E-state index contributed by atoms with van der Waals surface area (Å²) >= 11 is 0. The minimum atomic E-state index is -0.993. The van der Waals surface area contributed by atoms with Crippen LogP contribution in [0.5, 0.6) is 0 Å². The minimum Gasteiger partial charge on any atom is -0.258 e. The first-order chi connectivity index (χ1) is 9.34. The number of non-ortho nitro benzene ring substituents is 1. The molecule has 0 fully saturated rings. The van der Waals surface area contributed by atoms with Crippen molar-refractivity contribution in [3.05, 3.63) is 67.1 Å². The van der Waals surface area contributed by atoms with E-state index in [-0.39, 0.29) is 16.3 Å². The second-order valence-corrected chi connectivity index (χ2v) is 3.87. The Morgan fingerprint density at radius 2 is 1.50 bits per heavy atom. The van der Waals surface area contributed by atoms with Crippen molar-refractivity contribution in [1.82, 2.24) is 0 Å². The molecule has 0 heterocycles. The maximum atomic E-state index is 11.1. The van der Waals surface area contributed by atoms with Crippen molar-refractivity contribution >= 4 is 27.8 Å². The first-order valence-corrected chi connectivity index (χ1v) is 5.19. The lowest BCUT2D eigenvalue weighted by atomic mass is 10.0. The number of benzene rings is 2.